The number of nitrogens with zero attached hydrogens (tertiary/aromatic N) is 3. The Morgan fingerprint density at radius 3 is 2.69 bits per heavy atom. The highest BCUT2D eigenvalue weighted by atomic mass is 16.6. The number of benzene rings is 2. The van der Waals surface area contributed by atoms with E-state index >= 15 is 0 Å². The molecule has 1 spiro atoms. The second-order valence-corrected chi connectivity index (χ2v) is 8.91. The van der Waals surface area contributed by atoms with E-state index in [4.69, 9.17) is 0 Å². The summed E-state index contributed by atoms with van der Waals surface area (Å²) in [5, 5.41) is 14.4. The Labute approximate surface area is 183 Å². The molecule has 0 saturated carbocycles. The topological polar surface area (TPSA) is 113 Å². The Balaban J connectivity index is 1.53. The van der Waals surface area contributed by atoms with Crippen LogP contribution in [-0.4, -0.2) is 40.1 Å². The van der Waals surface area contributed by atoms with Crippen LogP contribution in [0.3, 0.4) is 0 Å². The van der Waals surface area contributed by atoms with Crippen LogP contribution in [0, 0.1) is 28.9 Å². The van der Waals surface area contributed by atoms with Crippen LogP contribution in [0.5, 0.6) is 0 Å². The zero-order valence-corrected chi connectivity index (χ0v) is 17.3. The highest BCUT2D eigenvalue weighted by Crippen LogP contribution is 2.60. The molecule has 2 aromatic rings. The summed E-state index contributed by atoms with van der Waals surface area (Å²) in [7, 11) is 0. The average molecular weight is 432 g/mol. The minimum Gasteiger partial charge on any atom is -0.324 e. The third kappa shape index (κ3) is 2.09. The van der Waals surface area contributed by atoms with Crippen LogP contribution < -0.4 is 10.2 Å². The van der Waals surface area contributed by atoms with E-state index in [1.807, 2.05) is 29.2 Å². The van der Waals surface area contributed by atoms with Gasteiger partial charge in [0, 0.05) is 28.9 Å². The first-order valence-electron chi connectivity index (χ1n) is 10.7. The number of imide groups is 1. The summed E-state index contributed by atoms with van der Waals surface area (Å²) in [5.41, 5.74) is 0.622. The summed E-state index contributed by atoms with van der Waals surface area (Å²) in [6.45, 7) is 2.24. The zero-order chi connectivity index (χ0) is 22.4. The maximum absolute atomic E-state index is 13.8. The highest BCUT2D eigenvalue weighted by molar-refractivity contribution is 6.26. The molecule has 0 aromatic heterocycles. The lowest BCUT2D eigenvalue weighted by Crippen LogP contribution is -2.54. The number of nitro groups is 1. The van der Waals surface area contributed by atoms with Gasteiger partial charge in [-0.25, -0.2) is 4.90 Å². The largest absolute Gasteiger partial charge is 0.324 e. The molecule has 9 heteroatoms. The minimum atomic E-state index is -1.24. The van der Waals surface area contributed by atoms with Crippen LogP contribution in [0.15, 0.2) is 42.5 Å². The molecular weight excluding hydrogens is 412 g/mol. The Hall–Kier alpha value is -3.59. The maximum atomic E-state index is 13.8. The Kier molecular flexibility index (Phi) is 3.72. The lowest BCUT2D eigenvalue weighted by Gasteiger charge is -2.36. The van der Waals surface area contributed by atoms with E-state index in [9.17, 15) is 24.5 Å². The van der Waals surface area contributed by atoms with Crippen molar-refractivity contribution in [2.45, 2.75) is 31.3 Å². The molecule has 2 aromatic carbocycles. The fraction of sp³-hybridized carbons (Fsp3) is 0.348. The van der Waals surface area contributed by atoms with Crippen molar-refractivity contribution < 1.29 is 19.3 Å². The van der Waals surface area contributed by atoms with E-state index in [0.29, 0.717) is 17.8 Å². The smallest absolute Gasteiger partial charge is 0.274 e. The molecule has 32 heavy (non-hydrogen) atoms. The van der Waals surface area contributed by atoms with Crippen molar-refractivity contribution in [1.29, 1.82) is 0 Å². The molecular formula is C23H20N4O5. The fourth-order valence-corrected chi connectivity index (χ4v) is 6.35. The van der Waals surface area contributed by atoms with Gasteiger partial charge in [-0.1, -0.05) is 24.3 Å². The second-order valence-electron chi connectivity index (χ2n) is 8.91. The van der Waals surface area contributed by atoms with Crippen LogP contribution in [-0.2, 0) is 19.9 Å². The molecule has 6 rings (SSSR count). The van der Waals surface area contributed by atoms with Crippen LogP contribution in [0.25, 0.3) is 0 Å². The van der Waals surface area contributed by atoms with Gasteiger partial charge in [0.1, 0.15) is 5.54 Å². The number of anilines is 2. The number of rotatable bonds is 2. The Bertz CT molecular complexity index is 1240. The number of hydrogen-bond acceptors (Lipinski definition) is 6. The molecule has 162 valence electrons. The molecule has 4 aliphatic rings. The molecule has 3 amide bonds. The van der Waals surface area contributed by atoms with Crippen LogP contribution >= 0.6 is 0 Å². The molecule has 0 radical (unpaired) electrons. The van der Waals surface area contributed by atoms with Gasteiger partial charge < -0.3 is 5.32 Å². The predicted octanol–water partition coefficient (Wildman–Crippen LogP) is 2.33. The quantitative estimate of drug-likeness (QED) is 0.443. The van der Waals surface area contributed by atoms with Crippen molar-refractivity contribution in [3.63, 3.8) is 0 Å². The summed E-state index contributed by atoms with van der Waals surface area (Å²) in [6, 6.07) is 11.5. The molecule has 9 nitrogen and oxygen atoms in total. The molecule has 3 fully saturated rings. The normalized spacial score (nSPS) is 30.6. The fourth-order valence-electron chi connectivity index (χ4n) is 6.35. The first kappa shape index (κ1) is 19.1. The van der Waals surface area contributed by atoms with Crippen molar-refractivity contribution in [1.82, 2.24) is 4.90 Å². The molecule has 3 saturated heterocycles. The number of aryl methyl sites for hydroxylation is 1. The van der Waals surface area contributed by atoms with Gasteiger partial charge in [-0.2, -0.15) is 0 Å². The lowest BCUT2D eigenvalue weighted by molar-refractivity contribution is -0.385. The standard InChI is InChI=1S/C23H20N4O5/c1-12-8-9-13(11-17(12)27(31)32)26-20(28)18-16-7-4-10-25(16)23(19(18)21(26)29)14-5-2-3-6-15(14)24-22(23)30/h2-3,5-6,8-9,11,16,18-19H,4,7,10H2,1H3,(H,24,30). The van der Waals surface area contributed by atoms with Crippen LogP contribution in [0.2, 0.25) is 0 Å². The zero-order valence-electron chi connectivity index (χ0n) is 17.3. The lowest BCUT2D eigenvalue weighted by atomic mass is 9.75. The first-order valence-corrected chi connectivity index (χ1v) is 10.7. The molecule has 1 N–H and O–H groups in total. The van der Waals surface area contributed by atoms with E-state index in [-0.39, 0.29) is 29.2 Å². The number of para-hydroxylation sites is 1. The molecule has 4 atom stereocenters. The SMILES string of the molecule is Cc1ccc(N2C(=O)C3C4CCCN4C4(C(=O)Nc5ccccc54)C3C2=O)cc1[N+](=O)[O-]. The van der Waals surface area contributed by atoms with Gasteiger partial charge in [0.2, 0.25) is 17.7 Å². The summed E-state index contributed by atoms with van der Waals surface area (Å²) < 4.78 is 0. The first-order chi connectivity index (χ1) is 15.4. The summed E-state index contributed by atoms with van der Waals surface area (Å²) in [6.07, 6.45) is 1.56. The molecule has 0 bridgehead atoms. The maximum Gasteiger partial charge on any atom is 0.274 e. The molecule has 4 aliphatic heterocycles. The summed E-state index contributed by atoms with van der Waals surface area (Å²) in [4.78, 5) is 55.0. The third-order valence-electron chi connectivity index (χ3n) is 7.55. The van der Waals surface area contributed by atoms with Crippen LogP contribution in [0.4, 0.5) is 17.1 Å². The number of carbonyl (C=O) groups excluding carboxylic acids is 3. The van der Waals surface area contributed by atoms with E-state index < -0.39 is 28.2 Å². The van der Waals surface area contributed by atoms with E-state index in [1.54, 1.807) is 13.0 Å². The van der Waals surface area contributed by atoms with Crippen molar-refractivity contribution in [3.8, 4) is 0 Å². The second kappa shape index (κ2) is 6.23. The van der Waals surface area contributed by atoms with E-state index in [0.717, 1.165) is 23.3 Å². The summed E-state index contributed by atoms with van der Waals surface area (Å²) in [5.74, 6) is -2.67. The molecule has 4 unspecified atom stereocenters. The van der Waals surface area contributed by atoms with Gasteiger partial charge >= 0.3 is 0 Å². The van der Waals surface area contributed by atoms with Crippen molar-refractivity contribution in [3.05, 3.63) is 63.7 Å². The Morgan fingerprint density at radius 1 is 1.12 bits per heavy atom. The highest BCUT2D eigenvalue weighted by Gasteiger charge is 2.74. The average Bonchev–Trinajstić information content (AvgIpc) is 3.47. The van der Waals surface area contributed by atoms with Crippen molar-refractivity contribution in [2.75, 3.05) is 16.8 Å². The van der Waals surface area contributed by atoms with Crippen molar-refractivity contribution >= 4 is 34.8 Å². The molecule has 4 heterocycles. The van der Waals surface area contributed by atoms with Crippen LogP contribution in [0.1, 0.15) is 24.0 Å². The number of amides is 3. The number of hydrogen-bond donors (Lipinski definition) is 1. The van der Waals surface area contributed by atoms with Gasteiger partial charge in [-0.15, -0.1) is 0 Å². The van der Waals surface area contributed by atoms with E-state index in [2.05, 4.69) is 5.32 Å². The number of nitro benzene ring substituents is 1. The van der Waals surface area contributed by atoms with Gasteiger partial charge in [-0.3, -0.25) is 29.4 Å². The minimum absolute atomic E-state index is 0.152. The number of carbonyl (C=O) groups is 3. The van der Waals surface area contributed by atoms with Crippen molar-refractivity contribution in [2.24, 2.45) is 11.8 Å². The number of fused-ring (bicyclic) bond motifs is 7. The molecule has 0 aliphatic carbocycles. The predicted molar refractivity (Wildman–Crippen MR) is 114 cm³/mol. The van der Waals surface area contributed by atoms with Gasteiger partial charge in [0.25, 0.3) is 5.69 Å². The van der Waals surface area contributed by atoms with E-state index in [1.165, 1.54) is 12.1 Å². The Morgan fingerprint density at radius 2 is 1.91 bits per heavy atom. The van der Waals surface area contributed by atoms with Gasteiger partial charge in [-0.05, 0) is 38.4 Å². The van der Waals surface area contributed by atoms with Gasteiger partial charge in [0.05, 0.1) is 22.4 Å². The number of nitrogens with one attached hydrogen (secondary N) is 1. The summed E-state index contributed by atoms with van der Waals surface area (Å²) >= 11 is 0. The monoisotopic (exact) mass is 432 g/mol. The third-order valence-corrected chi connectivity index (χ3v) is 7.55. The van der Waals surface area contributed by atoms with Gasteiger partial charge in [0.15, 0.2) is 0 Å².